The Kier molecular flexibility index (Phi) is 4.70. The fraction of sp³-hybridized carbons (Fsp3) is 0.200. The predicted octanol–water partition coefficient (Wildman–Crippen LogP) is 2.88. The molecule has 0 saturated heterocycles. The number of imidazole rings is 1. The summed E-state index contributed by atoms with van der Waals surface area (Å²) in [5, 5.41) is 0.229. The Balaban J connectivity index is 1.84. The third-order valence-electron chi connectivity index (χ3n) is 3.21. The number of benzene rings is 1. The summed E-state index contributed by atoms with van der Waals surface area (Å²) in [7, 11) is 0.0147. The summed E-state index contributed by atoms with van der Waals surface area (Å²) in [5.74, 6) is 0.656. The number of ether oxygens (including phenoxy) is 2. The first-order chi connectivity index (χ1) is 11.6. The van der Waals surface area contributed by atoms with Crippen LogP contribution in [0.1, 0.15) is 5.69 Å². The smallest absolute Gasteiger partial charge is 0.387 e. The molecular weight excluding hydrogens is 340 g/mol. The van der Waals surface area contributed by atoms with E-state index in [1.807, 2.05) is 0 Å². The van der Waals surface area contributed by atoms with E-state index in [1.54, 1.807) is 18.3 Å². The first kappa shape index (κ1) is 16.3. The number of H-pyrrole nitrogens is 1. The van der Waals surface area contributed by atoms with E-state index in [1.165, 1.54) is 25.3 Å². The Morgan fingerprint density at radius 1 is 1.33 bits per heavy atom. The summed E-state index contributed by atoms with van der Waals surface area (Å²) in [5.41, 5.74) is 1.51. The first-order valence-electron chi connectivity index (χ1n) is 6.87. The van der Waals surface area contributed by atoms with Gasteiger partial charge < -0.3 is 14.5 Å². The van der Waals surface area contributed by atoms with Gasteiger partial charge in [-0.2, -0.15) is 8.78 Å². The van der Waals surface area contributed by atoms with E-state index in [0.29, 0.717) is 22.5 Å². The normalized spacial score (nSPS) is 12.5. The molecule has 0 aliphatic rings. The van der Waals surface area contributed by atoms with Gasteiger partial charge in [-0.05, 0) is 24.3 Å². The summed E-state index contributed by atoms with van der Waals surface area (Å²) in [6, 6.07) is 7.73. The minimum absolute atomic E-state index is 0.00452. The van der Waals surface area contributed by atoms with Gasteiger partial charge in [-0.25, -0.2) is 4.98 Å². The lowest BCUT2D eigenvalue weighted by molar-refractivity contribution is -0.0497. The quantitative estimate of drug-likeness (QED) is 0.737. The van der Waals surface area contributed by atoms with Gasteiger partial charge in [-0.3, -0.25) is 9.19 Å². The van der Waals surface area contributed by atoms with Gasteiger partial charge in [0.2, 0.25) is 0 Å². The summed E-state index contributed by atoms with van der Waals surface area (Å²) < 4.78 is 46.5. The second kappa shape index (κ2) is 6.91. The third kappa shape index (κ3) is 3.51. The number of rotatable bonds is 6. The number of nitrogens with one attached hydrogen (secondary N) is 1. The predicted molar refractivity (Wildman–Crippen MR) is 83.6 cm³/mol. The molecule has 0 aliphatic carbocycles. The number of aromatic nitrogens is 3. The number of halogens is 2. The van der Waals surface area contributed by atoms with E-state index < -0.39 is 17.4 Å². The molecule has 0 fully saturated rings. The van der Waals surface area contributed by atoms with Crippen molar-refractivity contribution in [3.05, 3.63) is 42.2 Å². The number of hydrogen-bond donors (Lipinski definition) is 1. The van der Waals surface area contributed by atoms with Crippen LogP contribution in [0.3, 0.4) is 0 Å². The zero-order valence-electron chi connectivity index (χ0n) is 12.5. The van der Waals surface area contributed by atoms with Crippen LogP contribution in [0.15, 0.2) is 41.7 Å². The van der Waals surface area contributed by atoms with Crippen molar-refractivity contribution in [3.8, 4) is 11.5 Å². The van der Waals surface area contributed by atoms with Gasteiger partial charge >= 0.3 is 6.61 Å². The molecule has 126 valence electrons. The van der Waals surface area contributed by atoms with E-state index in [2.05, 4.69) is 19.7 Å². The van der Waals surface area contributed by atoms with Gasteiger partial charge in [0.15, 0.2) is 5.16 Å². The molecule has 0 radical (unpaired) electrons. The maximum atomic E-state index is 12.5. The Hall–Kier alpha value is -2.55. The second-order valence-electron chi connectivity index (χ2n) is 4.74. The average Bonchev–Trinajstić information content (AvgIpc) is 2.98. The fourth-order valence-corrected chi connectivity index (χ4v) is 3.19. The van der Waals surface area contributed by atoms with E-state index in [9.17, 15) is 13.0 Å². The van der Waals surface area contributed by atoms with Crippen molar-refractivity contribution >= 4 is 21.8 Å². The molecule has 2 aromatic heterocycles. The molecular formula is C15H13F2N3O3S. The minimum atomic E-state index is -2.91. The van der Waals surface area contributed by atoms with Crippen LogP contribution >= 0.6 is 0 Å². The number of fused-ring (bicyclic) bond motifs is 1. The molecule has 3 rings (SSSR count). The molecule has 3 aromatic rings. The molecule has 0 amide bonds. The van der Waals surface area contributed by atoms with Crippen molar-refractivity contribution < 1.29 is 22.5 Å². The number of nitrogens with zero attached hydrogens (tertiary/aromatic N) is 2. The Labute approximate surface area is 138 Å². The molecule has 1 aromatic carbocycles. The standard InChI is InChI=1S/C15H13F2N3O3S/c1-22-13-3-2-6-18-12(13)8-24(21)15-19-10-5-4-9(23-14(16)17)7-11(10)20-15/h2-7,14H,8H2,1H3,(H,19,20). The van der Waals surface area contributed by atoms with Crippen molar-refractivity contribution in [2.75, 3.05) is 7.11 Å². The van der Waals surface area contributed by atoms with E-state index in [0.717, 1.165) is 0 Å². The average molecular weight is 353 g/mol. The van der Waals surface area contributed by atoms with Crippen LogP contribution in [0.4, 0.5) is 8.78 Å². The largest absolute Gasteiger partial charge is 0.495 e. The van der Waals surface area contributed by atoms with Crippen LogP contribution in [0.5, 0.6) is 11.5 Å². The van der Waals surface area contributed by atoms with Crippen molar-refractivity contribution in [2.45, 2.75) is 17.5 Å². The Morgan fingerprint density at radius 2 is 2.17 bits per heavy atom. The van der Waals surface area contributed by atoms with Gasteiger partial charge in [0.25, 0.3) is 0 Å². The topological polar surface area (TPSA) is 77.1 Å². The highest BCUT2D eigenvalue weighted by Crippen LogP contribution is 2.23. The molecule has 2 heterocycles. The first-order valence-corrected chi connectivity index (χ1v) is 8.19. The van der Waals surface area contributed by atoms with E-state index >= 15 is 0 Å². The van der Waals surface area contributed by atoms with Crippen molar-refractivity contribution in [3.63, 3.8) is 0 Å². The van der Waals surface area contributed by atoms with Crippen molar-refractivity contribution in [1.82, 2.24) is 15.0 Å². The molecule has 6 nitrogen and oxygen atoms in total. The zero-order chi connectivity index (χ0) is 17.1. The highest BCUT2D eigenvalue weighted by molar-refractivity contribution is 7.84. The molecule has 0 aliphatic heterocycles. The molecule has 24 heavy (non-hydrogen) atoms. The molecule has 0 saturated carbocycles. The van der Waals surface area contributed by atoms with Crippen LogP contribution in [0.2, 0.25) is 0 Å². The Morgan fingerprint density at radius 3 is 2.92 bits per heavy atom. The van der Waals surface area contributed by atoms with Crippen LogP contribution < -0.4 is 9.47 Å². The summed E-state index contributed by atoms with van der Waals surface area (Å²) in [6.07, 6.45) is 1.58. The number of aromatic amines is 1. The number of alkyl halides is 2. The minimum Gasteiger partial charge on any atom is -0.495 e. The van der Waals surface area contributed by atoms with Gasteiger partial charge in [0.1, 0.15) is 11.5 Å². The molecule has 1 atom stereocenters. The maximum Gasteiger partial charge on any atom is 0.387 e. The number of hydrogen-bond acceptors (Lipinski definition) is 5. The van der Waals surface area contributed by atoms with Gasteiger partial charge in [0, 0.05) is 12.3 Å². The molecule has 0 bridgehead atoms. The lowest BCUT2D eigenvalue weighted by Gasteiger charge is -2.05. The van der Waals surface area contributed by atoms with E-state index in [4.69, 9.17) is 4.74 Å². The Bertz CT molecular complexity index is 885. The number of methoxy groups -OCH3 is 1. The molecule has 9 heteroatoms. The summed E-state index contributed by atoms with van der Waals surface area (Å²) >= 11 is 0. The van der Waals surface area contributed by atoms with Crippen LogP contribution in [-0.4, -0.2) is 32.9 Å². The molecule has 1 unspecified atom stereocenters. The number of pyridine rings is 1. The summed E-state index contributed by atoms with van der Waals surface area (Å²) in [4.78, 5) is 11.2. The zero-order valence-corrected chi connectivity index (χ0v) is 13.3. The van der Waals surface area contributed by atoms with Crippen LogP contribution in [0.25, 0.3) is 11.0 Å². The van der Waals surface area contributed by atoms with Crippen molar-refractivity contribution in [2.24, 2.45) is 0 Å². The fourth-order valence-electron chi connectivity index (χ4n) is 2.16. The van der Waals surface area contributed by atoms with Gasteiger partial charge in [0.05, 0.1) is 40.4 Å². The lowest BCUT2D eigenvalue weighted by atomic mass is 10.3. The highest BCUT2D eigenvalue weighted by atomic mass is 32.2. The monoisotopic (exact) mass is 353 g/mol. The summed E-state index contributed by atoms with van der Waals surface area (Å²) in [6.45, 7) is -2.91. The van der Waals surface area contributed by atoms with Crippen LogP contribution in [0, 0.1) is 0 Å². The third-order valence-corrected chi connectivity index (χ3v) is 4.37. The maximum absolute atomic E-state index is 12.5. The van der Waals surface area contributed by atoms with E-state index in [-0.39, 0.29) is 16.7 Å². The van der Waals surface area contributed by atoms with Gasteiger partial charge in [-0.1, -0.05) is 0 Å². The van der Waals surface area contributed by atoms with Gasteiger partial charge in [-0.15, -0.1) is 0 Å². The molecule has 0 spiro atoms. The highest BCUT2D eigenvalue weighted by Gasteiger charge is 2.15. The second-order valence-corrected chi connectivity index (χ2v) is 6.11. The van der Waals surface area contributed by atoms with Crippen molar-refractivity contribution in [1.29, 1.82) is 0 Å². The molecule has 1 N–H and O–H groups in total. The van der Waals surface area contributed by atoms with Crippen LogP contribution in [-0.2, 0) is 16.6 Å². The SMILES string of the molecule is COc1cccnc1CS(=O)c1nc2ccc(OC(F)F)cc2[nH]1. The lowest BCUT2D eigenvalue weighted by Crippen LogP contribution is -2.02.